The fraction of sp³-hybridized carbons (Fsp3) is 0.412. The molecule has 7 heteroatoms. The molecule has 1 aromatic carbocycles. The topological polar surface area (TPSA) is 86.7 Å². The Balaban J connectivity index is 1.91. The standard InChI is InChI=1S/C17H25N5O2/c1-12-10-13(2)22(21-12)9-5-8-19-17(18)20-15-11-14(23-3)6-7-16(15)24-4/h6-7,10-11H,5,8-9H2,1-4H3,(H3,18,19,20). The minimum atomic E-state index is 0.343. The average Bonchev–Trinajstić information content (AvgIpc) is 2.89. The molecule has 0 atom stereocenters. The number of nitrogens with one attached hydrogen (secondary N) is 1. The zero-order valence-corrected chi connectivity index (χ0v) is 14.7. The Morgan fingerprint density at radius 1 is 1.25 bits per heavy atom. The van der Waals surface area contributed by atoms with Crippen molar-refractivity contribution in [1.82, 2.24) is 9.78 Å². The Hall–Kier alpha value is -2.70. The van der Waals surface area contributed by atoms with Crippen LogP contribution in [0.15, 0.2) is 29.3 Å². The molecule has 2 rings (SSSR count). The van der Waals surface area contributed by atoms with Crippen molar-refractivity contribution in [3.63, 3.8) is 0 Å². The molecule has 1 heterocycles. The highest BCUT2D eigenvalue weighted by Gasteiger charge is 2.06. The SMILES string of the molecule is COc1ccc(OC)c(NC(N)=NCCCn2nc(C)cc2C)c1. The summed E-state index contributed by atoms with van der Waals surface area (Å²) in [5, 5.41) is 7.48. The van der Waals surface area contributed by atoms with Gasteiger partial charge in [0.1, 0.15) is 11.5 Å². The summed E-state index contributed by atoms with van der Waals surface area (Å²) in [5.74, 6) is 1.74. The van der Waals surface area contributed by atoms with E-state index in [2.05, 4.69) is 21.5 Å². The highest BCUT2D eigenvalue weighted by molar-refractivity contribution is 5.93. The van der Waals surface area contributed by atoms with Crippen LogP contribution in [-0.2, 0) is 6.54 Å². The number of benzene rings is 1. The molecular weight excluding hydrogens is 306 g/mol. The summed E-state index contributed by atoms with van der Waals surface area (Å²) < 4.78 is 12.5. The van der Waals surface area contributed by atoms with Crippen molar-refractivity contribution >= 4 is 11.6 Å². The Labute approximate surface area is 142 Å². The first-order chi connectivity index (χ1) is 11.5. The molecule has 24 heavy (non-hydrogen) atoms. The van der Waals surface area contributed by atoms with Gasteiger partial charge in [-0.25, -0.2) is 0 Å². The van der Waals surface area contributed by atoms with Crippen molar-refractivity contribution in [1.29, 1.82) is 0 Å². The normalized spacial score (nSPS) is 11.4. The summed E-state index contributed by atoms with van der Waals surface area (Å²) in [7, 11) is 3.22. The summed E-state index contributed by atoms with van der Waals surface area (Å²) in [6.45, 7) is 5.47. The quantitative estimate of drug-likeness (QED) is 0.462. The van der Waals surface area contributed by atoms with Crippen LogP contribution in [-0.4, -0.2) is 36.5 Å². The molecule has 2 aromatic rings. The number of aromatic nitrogens is 2. The molecular formula is C17H25N5O2. The van der Waals surface area contributed by atoms with E-state index in [1.165, 1.54) is 0 Å². The fourth-order valence-corrected chi connectivity index (χ4v) is 2.41. The molecule has 0 aliphatic carbocycles. The molecule has 0 bridgehead atoms. The minimum absolute atomic E-state index is 0.343. The summed E-state index contributed by atoms with van der Waals surface area (Å²) >= 11 is 0. The van der Waals surface area contributed by atoms with Crippen LogP contribution in [0, 0.1) is 13.8 Å². The highest BCUT2D eigenvalue weighted by Crippen LogP contribution is 2.28. The van der Waals surface area contributed by atoms with Crippen molar-refractivity contribution in [2.45, 2.75) is 26.8 Å². The maximum absolute atomic E-state index is 5.95. The van der Waals surface area contributed by atoms with E-state index in [0.717, 1.165) is 35.8 Å². The van der Waals surface area contributed by atoms with Gasteiger partial charge < -0.3 is 20.5 Å². The zero-order chi connectivity index (χ0) is 17.5. The monoisotopic (exact) mass is 331 g/mol. The third-order valence-electron chi connectivity index (χ3n) is 3.58. The van der Waals surface area contributed by atoms with Crippen molar-refractivity contribution in [2.75, 3.05) is 26.1 Å². The van der Waals surface area contributed by atoms with Gasteiger partial charge in [0.05, 0.1) is 25.6 Å². The molecule has 1 aromatic heterocycles. The zero-order valence-electron chi connectivity index (χ0n) is 14.7. The van der Waals surface area contributed by atoms with Gasteiger partial charge >= 0.3 is 0 Å². The number of nitrogens with two attached hydrogens (primary N) is 1. The van der Waals surface area contributed by atoms with Crippen LogP contribution in [0.4, 0.5) is 5.69 Å². The maximum Gasteiger partial charge on any atom is 0.193 e. The number of hydrogen-bond donors (Lipinski definition) is 2. The second kappa shape index (κ2) is 8.24. The van der Waals surface area contributed by atoms with Crippen LogP contribution < -0.4 is 20.5 Å². The van der Waals surface area contributed by atoms with Gasteiger partial charge in [-0.2, -0.15) is 5.10 Å². The van der Waals surface area contributed by atoms with Crippen molar-refractivity contribution in [3.05, 3.63) is 35.7 Å². The Bertz CT molecular complexity index is 709. The third-order valence-corrected chi connectivity index (χ3v) is 3.58. The lowest BCUT2D eigenvalue weighted by molar-refractivity contribution is 0.405. The first-order valence-electron chi connectivity index (χ1n) is 7.83. The Kier molecular flexibility index (Phi) is 6.06. The average molecular weight is 331 g/mol. The van der Waals surface area contributed by atoms with Gasteiger partial charge in [0.15, 0.2) is 5.96 Å². The van der Waals surface area contributed by atoms with Gasteiger partial charge in [-0.15, -0.1) is 0 Å². The van der Waals surface area contributed by atoms with Crippen LogP contribution in [0.2, 0.25) is 0 Å². The van der Waals surface area contributed by atoms with E-state index < -0.39 is 0 Å². The number of rotatable bonds is 7. The predicted molar refractivity (Wildman–Crippen MR) is 96.0 cm³/mol. The highest BCUT2D eigenvalue weighted by atomic mass is 16.5. The molecule has 0 fully saturated rings. The summed E-state index contributed by atoms with van der Waals surface area (Å²) in [6.07, 6.45) is 0.861. The summed E-state index contributed by atoms with van der Waals surface area (Å²) in [6, 6.07) is 7.52. The van der Waals surface area contributed by atoms with Crippen molar-refractivity contribution < 1.29 is 9.47 Å². The van der Waals surface area contributed by atoms with Crippen LogP contribution in [0.1, 0.15) is 17.8 Å². The first-order valence-corrected chi connectivity index (χ1v) is 7.83. The molecule has 0 saturated heterocycles. The molecule has 0 amide bonds. The van der Waals surface area contributed by atoms with E-state index >= 15 is 0 Å². The molecule has 0 aliphatic heterocycles. The van der Waals surface area contributed by atoms with E-state index in [1.54, 1.807) is 14.2 Å². The molecule has 0 spiro atoms. The number of anilines is 1. The number of aliphatic imine (C=N–C) groups is 1. The number of ether oxygens (including phenoxy) is 2. The van der Waals surface area contributed by atoms with Gasteiger partial charge in [0.25, 0.3) is 0 Å². The van der Waals surface area contributed by atoms with E-state index in [4.69, 9.17) is 15.2 Å². The van der Waals surface area contributed by atoms with Crippen molar-refractivity contribution in [2.24, 2.45) is 10.7 Å². The molecule has 0 unspecified atom stereocenters. The first kappa shape index (κ1) is 17.7. The summed E-state index contributed by atoms with van der Waals surface area (Å²) in [5.41, 5.74) is 8.86. The summed E-state index contributed by atoms with van der Waals surface area (Å²) in [4.78, 5) is 4.35. The number of guanidine groups is 1. The van der Waals surface area contributed by atoms with E-state index in [-0.39, 0.29) is 0 Å². The third kappa shape index (κ3) is 4.65. The largest absolute Gasteiger partial charge is 0.497 e. The molecule has 7 nitrogen and oxygen atoms in total. The van der Waals surface area contributed by atoms with E-state index in [0.29, 0.717) is 18.3 Å². The van der Waals surface area contributed by atoms with Gasteiger partial charge in [0.2, 0.25) is 0 Å². The second-order valence-electron chi connectivity index (χ2n) is 5.46. The molecule has 0 aliphatic rings. The van der Waals surface area contributed by atoms with Crippen molar-refractivity contribution in [3.8, 4) is 11.5 Å². The number of methoxy groups -OCH3 is 2. The number of nitrogens with zero attached hydrogens (tertiary/aromatic N) is 3. The van der Waals surface area contributed by atoms with E-state index in [9.17, 15) is 0 Å². The smallest absolute Gasteiger partial charge is 0.193 e. The number of aryl methyl sites for hydroxylation is 3. The molecule has 0 radical (unpaired) electrons. The Morgan fingerprint density at radius 3 is 2.67 bits per heavy atom. The van der Waals surface area contributed by atoms with Crippen LogP contribution >= 0.6 is 0 Å². The Morgan fingerprint density at radius 2 is 2.04 bits per heavy atom. The molecule has 0 saturated carbocycles. The van der Waals surface area contributed by atoms with Gasteiger partial charge in [0, 0.05) is 24.8 Å². The second-order valence-corrected chi connectivity index (χ2v) is 5.46. The van der Waals surface area contributed by atoms with Crippen LogP contribution in [0.3, 0.4) is 0 Å². The minimum Gasteiger partial charge on any atom is -0.497 e. The van der Waals surface area contributed by atoms with Gasteiger partial charge in [-0.05, 0) is 38.5 Å². The van der Waals surface area contributed by atoms with E-state index in [1.807, 2.05) is 36.7 Å². The lowest BCUT2D eigenvalue weighted by Crippen LogP contribution is -2.23. The lowest BCUT2D eigenvalue weighted by Gasteiger charge is -2.12. The predicted octanol–water partition coefficient (Wildman–Crippen LogP) is 2.33. The van der Waals surface area contributed by atoms with Crippen LogP contribution in [0.5, 0.6) is 11.5 Å². The lowest BCUT2D eigenvalue weighted by atomic mass is 10.2. The van der Waals surface area contributed by atoms with Crippen LogP contribution in [0.25, 0.3) is 0 Å². The fourth-order valence-electron chi connectivity index (χ4n) is 2.41. The van der Waals surface area contributed by atoms with Gasteiger partial charge in [-0.1, -0.05) is 0 Å². The number of hydrogen-bond acceptors (Lipinski definition) is 4. The maximum atomic E-state index is 5.95. The molecule has 130 valence electrons. The molecule has 3 N–H and O–H groups in total. The van der Waals surface area contributed by atoms with Gasteiger partial charge in [-0.3, -0.25) is 9.67 Å².